The molecule has 1 aliphatic rings. The Morgan fingerprint density at radius 3 is 2.95 bits per heavy atom. The predicted molar refractivity (Wildman–Crippen MR) is 70.8 cm³/mol. The molecule has 0 saturated heterocycles. The average Bonchev–Trinajstić information content (AvgIpc) is 2.46. The highest BCUT2D eigenvalue weighted by atomic mass is 16.5. The summed E-state index contributed by atoms with van der Waals surface area (Å²) in [7, 11) is 1.61. The lowest BCUT2D eigenvalue weighted by atomic mass is 9.95. The molecular formula is C13H19N3O3. The monoisotopic (exact) mass is 265 g/mol. The first-order valence-electron chi connectivity index (χ1n) is 6.38. The summed E-state index contributed by atoms with van der Waals surface area (Å²) in [5.41, 5.74) is 8.43. The summed E-state index contributed by atoms with van der Waals surface area (Å²) in [5, 5.41) is 11.9. The summed E-state index contributed by atoms with van der Waals surface area (Å²) >= 11 is 0. The summed E-state index contributed by atoms with van der Waals surface area (Å²) < 4.78 is 10.5. The van der Waals surface area contributed by atoms with E-state index in [1.807, 2.05) is 6.07 Å². The van der Waals surface area contributed by atoms with E-state index >= 15 is 0 Å². The van der Waals surface area contributed by atoms with Gasteiger partial charge in [0.15, 0.2) is 5.84 Å². The Bertz CT molecular complexity index is 474. The van der Waals surface area contributed by atoms with Crippen molar-refractivity contribution in [3.8, 4) is 5.88 Å². The van der Waals surface area contributed by atoms with E-state index in [0.29, 0.717) is 24.7 Å². The van der Waals surface area contributed by atoms with E-state index < -0.39 is 0 Å². The standard InChI is InChI=1S/C13H19N3O3/c1-18-6-7-19-13-10(12(14)16-17)8-9-4-2-3-5-11(9)15-13/h8,17H,2-7H2,1H3,(H2,14,16). The third-order valence-electron chi connectivity index (χ3n) is 3.18. The van der Waals surface area contributed by atoms with Crippen LogP contribution in [-0.2, 0) is 17.6 Å². The molecule has 0 amide bonds. The van der Waals surface area contributed by atoms with Crippen LogP contribution in [0.25, 0.3) is 0 Å². The zero-order chi connectivity index (χ0) is 13.7. The number of nitrogens with zero attached hydrogens (tertiary/aromatic N) is 2. The Balaban J connectivity index is 2.31. The van der Waals surface area contributed by atoms with Crippen LogP contribution in [-0.4, -0.2) is 36.4 Å². The van der Waals surface area contributed by atoms with Crippen LogP contribution in [0.5, 0.6) is 5.88 Å². The third kappa shape index (κ3) is 3.14. The van der Waals surface area contributed by atoms with Gasteiger partial charge < -0.3 is 20.4 Å². The molecule has 19 heavy (non-hydrogen) atoms. The van der Waals surface area contributed by atoms with Gasteiger partial charge in [-0.15, -0.1) is 0 Å². The Morgan fingerprint density at radius 2 is 2.21 bits per heavy atom. The van der Waals surface area contributed by atoms with Gasteiger partial charge in [-0.2, -0.15) is 0 Å². The highest BCUT2D eigenvalue weighted by Gasteiger charge is 2.18. The van der Waals surface area contributed by atoms with Crippen molar-refractivity contribution in [3.05, 3.63) is 22.9 Å². The molecule has 0 aliphatic heterocycles. The van der Waals surface area contributed by atoms with E-state index in [0.717, 1.165) is 36.9 Å². The van der Waals surface area contributed by atoms with Crippen molar-refractivity contribution < 1.29 is 14.7 Å². The van der Waals surface area contributed by atoms with Gasteiger partial charge in [-0.25, -0.2) is 4.98 Å². The van der Waals surface area contributed by atoms with Gasteiger partial charge in [0.1, 0.15) is 6.61 Å². The number of ether oxygens (including phenoxy) is 2. The molecule has 6 heteroatoms. The lowest BCUT2D eigenvalue weighted by molar-refractivity contribution is 0.143. The number of oxime groups is 1. The van der Waals surface area contributed by atoms with E-state index in [9.17, 15) is 0 Å². The van der Waals surface area contributed by atoms with Gasteiger partial charge in [0, 0.05) is 12.8 Å². The highest BCUT2D eigenvalue weighted by molar-refractivity contribution is 5.99. The molecule has 0 atom stereocenters. The minimum Gasteiger partial charge on any atom is -0.475 e. The molecule has 6 nitrogen and oxygen atoms in total. The van der Waals surface area contributed by atoms with Gasteiger partial charge in [0.05, 0.1) is 12.2 Å². The number of hydrogen-bond donors (Lipinski definition) is 2. The highest BCUT2D eigenvalue weighted by Crippen LogP contribution is 2.25. The SMILES string of the molecule is COCCOc1nc2c(cc1C(N)=NO)CCCC2. The van der Waals surface area contributed by atoms with Crippen LogP contribution in [0.3, 0.4) is 0 Å². The van der Waals surface area contributed by atoms with Crippen molar-refractivity contribution in [1.82, 2.24) is 4.98 Å². The molecule has 0 unspecified atom stereocenters. The summed E-state index contributed by atoms with van der Waals surface area (Å²) in [6, 6.07) is 1.92. The Labute approximate surface area is 112 Å². The zero-order valence-corrected chi connectivity index (χ0v) is 11.1. The Morgan fingerprint density at radius 1 is 1.42 bits per heavy atom. The van der Waals surface area contributed by atoms with Crippen molar-refractivity contribution in [2.24, 2.45) is 10.9 Å². The number of fused-ring (bicyclic) bond motifs is 1. The van der Waals surface area contributed by atoms with Crippen LogP contribution in [0, 0.1) is 0 Å². The number of aromatic nitrogens is 1. The summed E-state index contributed by atoms with van der Waals surface area (Å²) in [6.07, 6.45) is 4.22. The van der Waals surface area contributed by atoms with Crippen LogP contribution < -0.4 is 10.5 Å². The van der Waals surface area contributed by atoms with Crippen molar-refractivity contribution >= 4 is 5.84 Å². The smallest absolute Gasteiger partial charge is 0.224 e. The maximum Gasteiger partial charge on any atom is 0.224 e. The van der Waals surface area contributed by atoms with Crippen LogP contribution >= 0.6 is 0 Å². The molecule has 1 heterocycles. The largest absolute Gasteiger partial charge is 0.475 e. The number of pyridine rings is 1. The minimum absolute atomic E-state index is 0.0216. The molecule has 1 aromatic heterocycles. The van der Waals surface area contributed by atoms with Gasteiger partial charge in [-0.3, -0.25) is 0 Å². The Hall–Kier alpha value is -1.82. The summed E-state index contributed by atoms with van der Waals surface area (Å²) in [5.74, 6) is 0.432. The molecule has 0 bridgehead atoms. The fraction of sp³-hybridized carbons (Fsp3) is 0.538. The molecule has 0 fully saturated rings. The average molecular weight is 265 g/mol. The van der Waals surface area contributed by atoms with Gasteiger partial charge >= 0.3 is 0 Å². The van der Waals surface area contributed by atoms with E-state index in [2.05, 4.69) is 10.1 Å². The molecule has 0 aromatic carbocycles. The van der Waals surface area contributed by atoms with E-state index in [-0.39, 0.29) is 5.84 Å². The summed E-state index contributed by atoms with van der Waals surface area (Å²) in [4.78, 5) is 4.50. The van der Waals surface area contributed by atoms with E-state index in [4.69, 9.17) is 20.4 Å². The normalized spacial score (nSPS) is 15.1. The second-order valence-corrected chi connectivity index (χ2v) is 4.48. The lowest BCUT2D eigenvalue weighted by Gasteiger charge is -2.18. The molecule has 104 valence electrons. The Kier molecular flexibility index (Phi) is 4.57. The third-order valence-corrected chi connectivity index (χ3v) is 3.18. The second kappa shape index (κ2) is 6.38. The minimum atomic E-state index is 0.0216. The van der Waals surface area contributed by atoms with Gasteiger partial charge in [-0.05, 0) is 37.3 Å². The molecular weight excluding hydrogens is 246 g/mol. The van der Waals surface area contributed by atoms with Gasteiger partial charge in [0.25, 0.3) is 0 Å². The zero-order valence-electron chi connectivity index (χ0n) is 11.1. The lowest BCUT2D eigenvalue weighted by Crippen LogP contribution is -2.19. The van der Waals surface area contributed by atoms with Crippen LogP contribution in [0.1, 0.15) is 29.7 Å². The number of nitrogens with two attached hydrogens (primary N) is 1. The van der Waals surface area contributed by atoms with Crippen molar-refractivity contribution in [1.29, 1.82) is 0 Å². The molecule has 2 rings (SSSR count). The number of methoxy groups -OCH3 is 1. The van der Waals surface area contributed by atoms with Crippen molar-refractivity contribution in [3.63, 3.8) is 0 Å². The number of amidine groups is 1. The first-order chi connectivity index (χ1) is 9.26. The van der Waals surface area contributed by atoms with Crippen molar-refractivity contribution in [2.45, 2.75) is 25.7 Å². The maximum atomic E-state index is 8.84. The molecule has 0 radical (unpaired) electrons. The van der Waals surface area contributed by atoms with Gasteiger partial charge in [0.2, 0.25) is 5.88 Å². The van der Waals surface area contributed by atoms with Gasteiger partial charge in [-0.1, -0.05) is 5.16 Å². The fourth-order valence-corrected chi connectivity index (χ4v) is 2.18. The number of rotatable bonds is 5. The van der Waals surface area contributed by atoms with Crippen molar-refractivity contribution in [2.75, 3.05) is 20.3 Å². The topological polar surface area (TPSA) is 90.0 Å². The number of aryl methyl sites for hydroxylation is 2. The van der Waals surface area contributed by atoms with Crippen LogP contribution in [0.4, 0.5) is 0 Å². The molecule has 1 aromatic rings. The van der Waals surface area contributed by atoms with E-state index in [1.54, 1.807) is 7.11 Å². The first kappa shape index (κ1) is 13.6. The number of hydrogen-bond acceptors (Lipinski definition) is 5. The molecule has 0 spiro atoms. The maximum absolute atomic E-state index is 8.84. The molecule has 0 saturated carbocycles. The fourth-order valence-electron chi connectivity index (χ4n) is 2.18. The predicted octanol–water partition coefficient (Wildman–Crippen LogP) is 1.08. The quantitative estimate of drug-likeness (QED) is 0.273. The molecule has 3 N–H and O–H groups in total. The molecule has 1 aliphatic carbocycles. The van der Waals surface area contributed by atoms with Crippen LogP contribution in [0.15, 0.2) is 11.2 Å². The first-order valence-corrected chi connectivity index (χ1v) is 6.38. The van der Waals surface area contributed by atoms with Crippen LogP contribution in [0.2, 0.25) is 0 Å². The second-order valence-electron chi connectivity index (χ2n) is 4.48. The summed E-state index contributed by atoms with van der Waals surface area (Å²) in [6.45, 7) is 0.850. The van der Waals surface area contributed by atoms with E-state index in [1.165, 1.54) is 0 Å².